The molecule has 0 aliphatic carbocycles. The fourth-order valence-corrected chi connectivity index (χ4v) is 2.49. The van der Waals surface area contributed by atoms with E-state index in [2.05, 4.69) is 29.4 Å². The minimum atomic E-state index is -1.24. The lowest BCUT2D eigenvalue weighted by molar-refractivity contribution is 0.0358. The summed E-state index contributed by atoms with van der Waals surface area (Å²) in [5.41, 5.74) is -1.24. The van der Waals surface area contributed by atoms with Gasteiger partial charge in [0.25, 0.3) is 0 Å². The van der Waals surface area contributed by atoms with Crippen molar-refractivity contribution in [2.75, 3.05) is 27.2 Å². The summed E-state index contributed by atoms with van der Waals surface area (Å²) in [7, 11) is 3.97. The van der Waals surface area contributed by atoms with Gasteiger partial charge in [0.05, 0.1) is 6.54 Å². The van der Waals surface area contributed by atoms with Crippen LogP contribution in [0.25, 0.3) is 0 Å². The van der Waals surface area contributed by atoms with Gasteiger partial charge in [-0.1, -0.05) is 13.8 Å². The topological polar surface area (TPSA) is 77.7 Å². The van der Waals surface area contributed by atoms with Crippen LogP contribution in [0.5, 0.6) is 0 Å². The first-order valence-corrected chi connectivity index (χ1v) is 8.08. The highest BCUT2D eigenvalue weighted by atomic mass is 16.4. The van der Waals surface area contributed by atoms with Crippen molar-refractivity contribution in [1.29, 1.82) is 0 Å². The number of furan rings is 1. The first kappa shape index (κ1) is 19.5. The molecule has 0 saturated carbocycles. The molecule has 0 fully saturated rings. The van der Waals surface area contributed by atoms with Crippen molar-refractivity contribution in [1.82, 2.24) is 15.5 Å². The first-order chi connectivity index (χ1) is 10.6. The normalized spacial score (nSPS) is 15.5. The second-order valence-electron chi connectivity index (χ2n) is 7.10. The zero-order valence-electron chi connectivity index (χ0n) is 15.1. The molecule has 1 heterocycles. The molecule has 0 saturated heterocycles. The highest BCUT2D eigenvalue weighted by Gasteiger charge is 2.27. The van der Waals surface area contributed by atoms with Gasteiger partial charge in [-0.05, 0) is 52.4 Å². The molecule has 132 valence electrons. The molecule has 0 aliphatic rings. The second-order valence-corrected chi connectivity index (χ2v) is 7.10. The molecule has 0 bridgehead atoms. The molecule has 3 N–H and O–H groups in total. The van der Waals surface area contributed by atoms with Crippen LogP contribution in [0.2, 0.25) is 0 Å². The first-order valence-electron chi connectivity index (χ1n) is 8.08. The smallest absolute Gasteiger partial charge is 0.315 e. The predicted octanol–water partition coefficient (Wildman–Crippen LogP) is 2.07. The average Bonchev–Trinajstić information content (AvgIpc) is 2.82. The van der Waals surface area contributed by atoms with Gasteiger partial charge in [0, 0.05) is 12.6 Å². The lowest BCUT2D eigenvalue weighted by Crippen LogP contribution is -2.49. The van der Waals surface area contributed by atoms with Crippen molar-refractivity contribution in [3.63, 3.8) is 0 Å². The summed E-state index contributed by atoms with van der Waals surface area (Å²) < 4.78 is 5.44. The van der Waals surface area contributed by atoms with Crippen molar-refractivity contribution >= 4 is 6.03 Å². The highest BCUT2D eigenvalue weighted by molar-refractivity contribution is 5.74. The Hall–Kier alpha value is -1.53. The Morgan fingerprint density at radius 2 is 2.04 bits per heavy atom. The third-order valence-electron chi connectivity index (χ3n) is 3.54. The number of likely N-dealkylation sites (N-methyl/N-ethyl adjacent to an activating group) is 1. The van der Waals surface area contributed by atoms with Gasteiger partial charge >= 0.3 is 6.03 Å². The number of carbonyl (C=O) groups excluding carboxylic acids is 1. The summed E-state index contributed by atoms with van der Waals surface area (Å²) in [4.78, 5) is 14.2. The van der Waals surface area contributed by atoms with Gasteiger partial charge in [-0.2, -0.15) is 0 Å². The van der Waals surface area contributed by atoms with E-state index in [1.807, 2.05) is 21.0 Å². The lowest BCUT2D eigenvalue weighted by Gasteiger charge is -2.26. The quantitative estimate of drug-likeness (QED) is 0.684. The van der Waals surface area contributed by atoms with Crippen molar-refractivity contribution in [3.8, 4) is 0 Å². The Morgan fingerprint density at radius 3 is 2.52 bits per heavy atom. The fourth-order valence-electron chi connectivity index (χ4n) is 2.49. The maximum atomic E-state index is 12.1. The summed E-state index contributed by atoms with van der Waals surface area (Å²) >= 11 is 0. The van der Waals surface area contributed by atoms with Crippen LogP contribution in [0, 0.1) is 12.8 Å². The van der Waals surface area contributed by atoms with Crippen LogP contribution in [0.3, 0.4) is 0 Å². The largest absolute Gasteiger partial charge is 0.463 e. The maximum Gasteiger partial charge on any atom is 0.315 e. The molecule has 1 rings (SSSR count). The molecule has 0 radical (unpaired) electrons. The van der Waals surface area contributed by atoms with E-state index >= 15 is 0 Å². The molecule has 1 aromatic rings. The van der Waals surface area contributed by atoms with E-state index in [1.165, 1.54) is 0 Å². The van der Waals surface area contributed by atoms with E-state index in [0.717, 1.165) is 18.7 Å². The SMILES string of the molecule is Cc1ccc(C(C)(O)CNC(=O)NC(CC(C)C)CN(C)C)o1. The molecule has 0 aromatic carbocycles. The molecular weight excluding hydrogens is 294 g/mol. The summed E-state index contributed by atoms with van der Waals surface area (Å²) in [6.45, 7) is 8.56. The fraction of sp³-hybridized carbons (Fsp3) is 0.706. The van der Waals surface area contributed by atoms with Gasteiger partial charge < -0.3 is 25.1 Å². The number of aryl methyl sites for hydroxylation is 1. The summed E-state index contributed by atoms with van der Waals surface area (Å²) in [5.74, 6) is 1.67. The molecular formula is C17H31N3O3. The van der Waals surface area contributed by atoms with Crippen LogP contribution in [0.15, 0.2) is 16.5 Å². The molecule has 0 aliphatic heterocycles. The van der Waals surface area contributed by atoms with Gasteiger partial charge in [0.1, 0.15) is 17.1 Å². The van der Waals surface area contributed by atoms with Crippen LogP contribution in [0.4, 0.5) is 4.79 Å². The number of carbonyl (C=O) groups is 1. The van der Waals surface area contributed by atoms with Gasteiger partial charge in [0.15, 0.2) is 0 Å². The van der Waals surface area contributed by atoms with Crippen LogP contribution in [-0.2, 0) is 5.60 Å². The molecule has 23 heavy (non-hydrogen) atoms. The second kappa shape index (κ2) is 8.36. The zero-order valence-corrected chi connectivity index (χ0v) is 15.1. The van der Waals surface area contributed by atoms with E-state index < -0.39 is 5.60 Å². The Kier molecular flexibility index (Phi) is 7.09. The predicted molar refractivity (Wildman–Crippen MR) is 91.3 cm³/mol. The zero-order chi connectivity index (χ0) is 17.6. The van der Waals surface area contributed by atoms with Crippen molar-refractivity contribution in [3.05, 3.63) is 23.7 Å². The Labute approximate surface area is 139 Å². The highest BCUT2D eigenvalue weighted by Crippen LogP contribution is 2.21. The van der Waals surface area contributed by atoms with E-state index in [9.17, 15) is 9.90 Å². The van der Waals surface area contributed by atoms with Crippen LogP contribution >= 0.6 is 0 Å². The van der Waals surface area contributed by atoms with Crippen molar-refractivity contribution in [2.24, 2.45) is 5.92 Å². The molecule has 2 atom stereocenters. The summed E-state index contributed by atoms with van der Waals surface area (Å²) in [5, 5.41) is 16.1. The number of aliphatic hydroxyl groups is 1. The van der Waals surface area contributed by atoms with Crippen molar-refractivity contribution in [2.45, 2.75) is 45.8 Å². The Morgan fingerprint density at radius 1 is 1.39 bits per heavy atom. The molecule has 6 heteroatoms. The van der Waals surface area contributed by atoms with E-state index in [-0.39, 0.29) is 18.6 Å². The number of rotatable bonds is 8. The minimum absolute atomic E-state index is 0.0702. The monoisotopic (exact) mass is 325 g/mol. The van der Waals surface area contributed by atoms with Gasteiger partial charge in [-0.3, -0.25) is 0 Å². The third-order valence-corrected chi connectivity index (χ3v) is 3.54. The van der Waals surface area contributed by atoms with E-state index in [1.54, 1.807) is 19.1 Å². The number of hydrogen-bond donors (Lipinski definition) is 3. The van der Waals surface area contributed by atoms with E-state index in [0.29, 0.717) is 11.7 Å². The van der Waals surface area contributed by atoms with Crippen LogP contribution in [0.1, 0.15) is 38.7 Å². The van der Waals surface area contributed by atoms with Gasteiger partial charge in [-0.25, -0.2) is 4.79 Å². The number of urea groups is 1. The molecule has 1 aromatic heterocycles. The van der Waals surface area contributed by atoms with Crippen LogP contribution < -0.4 is 10.6 Å². The molecule has 2 unspecified atom stereocenters. The standard InChI is InChI=1S/C17H31N3O3/c1-12(2)9-14(10-20(5)6)19-16(21)18-11-17(4,22)15-8-7-13(3)23-15/h7-8,12,14,22H,9-11H2,1-6H3,(H2,18,19,21). The maximum absolute atomic E-state index is 12.1. The van der Waals surface area contributed by atoms with Crippen LogP contribution in [-0.4, -0.2) is 49.3 Å². The lowest BCUT2D eigenvalue weighted by atomic mass is 10.0. The minimum Gasteiger partial charge on any atom is -0.463 e. The average molecular weight is 325 g/mol. The van der Waals surface area contributed by atoms with E-state index in [4.69, 9.17) is 4.42 Å². The molecule has 2 amide bonds. The van der Waals surface area contributed by atoms with Crippen molar-refractivity contribution < 1.29 is 14.3 Å². The van der Waals surface area contributed by atoms with Gasteiger partial charge in [0.2, 0.25) is 0 Å². The third kappa shape index (κ3) is 7.05. The number of hydrogen-bond acceptors (Lipinski definition) is 4. The molecule has 0 spiro atoms. The number of nitrogens with one attached hydrogen (secondary N) is 2. The van der Waals surface area contributed by atoms with Gasteiger partial charge in [-0.15, -0.1) is 0 Å². The Balaban J connectivity index is 2.53. The number of nitrogens with zero attached hydrogens (tertiary/aromatic N) is 1. The number of amides is 2. The molecule has 6 nitrogen and oxygen atoms in total. The Bertz CT molecular complexity index is 485. The summed E-state index contributed by atoms with van der Waals surface area (Å²) in [6, 6.07) is 3.31. The summed E-state index contributed by atoms with van der Waals surface area (Å²) in [6.07, 6.45) is 0.902.